The van der Waals surface area contributed by atoms with Gasteiger partial charge in [-0.25, -0.2) is 23.1 Å². The molecule has 2 aliphatic heterocycles. The number of nitrogens with one attached hydrogen (secondary N) is 3. The zero-order valence-electron chi connectivity index (χ0n) is 39.4. The molecular formula is C51H51F3N8O8S2. The number of aliphatic hydroxyl groups excluding tert-OH is 1. The smallest absolute Gasteiger partial charge is 0.301 e. The molecule has 0 aliphatic carbocycles. The molecule has 3 aromatic carbocycles. The van der Waals surface area contributed by atoms with E-state index >= 15 is 8.78 Å². The number of unbranched alkanes of at least 4 members (excludes halogenated alkanes) is 1. The van der Waals surface area contributed by atoms with Gasteiger partial charge >= 0.3 is 10.2 Å². The summed E-state index contributed by atoms with van der Waals surface area (Å²) in [5.41, 5.74) is 5.08. The van der Waals surface area contributed by atoms with Gasteiger partial charge in [-0.3, -0.25) is 19.1 Å². The number of alkyl halides is 1. The van der Waals surface area contributed by atoms with Crippen LogP contribution in [0.4, 0.5) is 18.9 Å². The highest BCUT2D eigenvalue weighted by Crippen LogP contribution is 2.34. The highest BCUT2D eigenvalue weighted by molar-refractivity contribution is 7.90. The molecule has 2 aliphatic rings. The molecule has 16 nitrogen and oxygen atoms in total. The van der Waals surface area contributed by atoms with E-state index in [1.54, 1.807) is 66.4 Å². The Bertz CT molecular complexity index is 3240. The van der Waals surface area contributed by atoms with Crippen molar-refractivity contribution in [2.24, 2.45) is 0 Å². The van der Waals surface area contributed by atoms with Gasteiger partial charge in [0.05, 0.1) is 57.7 Å². The summed E-state index contributed by atoms with van der Waals surface area (Å²) in [5, 5.41) is 18.1. The van der Waals surface area contributed by atoms with Crippen LogP contribution in [0.1, 0.15) is 89.6 Å². The summed E-state index contributed by atoms with van der Waals surface area (Å²) in [6, 6.07) is 18.7. The molecule has 21 heteroatoms. The Balaban J connectivity index is 0.810. The minimum atomic E-state index is -4.39. The molecular weight excluding hydrogens is 974 g/mol. The maximum Gasteiger partial charge on any atom is 0.301 e. The van der Waals surface area contributed by atoms with E-state index in [2.05, 4.69) is 25.4 Å². The predicted molar refractivity (Wildman–Crippen MR) is 263 cm³/mol. The summed E-state index contributed by atoms with van der Waals surface area (Å²) in [7, 11) is -4.39. The third kappa shape index (κ3) is 10.6. The first-order valence-electron chi connectivity index (χ1n) is 23.4. The quantitative estimate of drug-likeness (QED) is 0.0474. The first-order chi connectivity index (χ1) is 34.5. The van der Waals surface area contributed by atoms with Gasteiger partial charge < -0.3 is 29.6 Å². The fraction of sp³-hybridized carbons (Fsp3) is 0.333. The molecule has 2 saturated heterocycles. The summed E-state index contributed by atoms with van der Waals surface area (Å²) in [6.07, 6.45) is 2.13. The minimum Gasteiger partial charge on any atom is -0.494 e. The van der Waals surface area contributed by atoms with Gasteiger partial charge in [0.2, 0.25) is 17.6 Å². The first kappa shape index (κ1) is 50.0. The summed E-state index contributed by atoms with van der Waals surface area (Å²) >= 11 is 1.56. The van der Waals surface area contributed by atoms with E-state index in [1.807, 2.05) is 42.8 Å². The standard InChI is InChI=1S/C51H51F3N8O8S2/c1-28-20-44(70-59-28)38(51(66)62-26-36(63)22-43(62)50(65)58-29(2)31-7-9-33(10-8-31)48-30(3)57-27-71-48)6-4-5-19-69-37-13-11-32(12-14-37)34-21-39-40(24-56-49(39)55-23-34)47(64)45-41(53)15-16-42(46(45)54)60-72(67,68)61-18-17-35(52)25-61/h7-16,20-21,23-24,27,29,35-36,38,43,60,63H,4-6,17-19,22,25-26H2,1-3H3,(H,55,56)(H,58,65)/t29?,35-,36-,38?,43+/m1/s1. The van der Waals surface area contributed by atoms with Crippen LogP contribution in [-0.4, -0.2) is 105 Å². The lowest BCUT2D eigenvalue weighted by Crippen LogP contribution is -2.48. The van der Waals surface area contributed by atoms with Crippen molar-refractivity contribution in [3.63, 3.8) is 0 Å². The van der Waals surface area contributed by atoms with Crippen LogP contribution in [0.3, 0.4) is 0 Å². The first-order valence-corrected chi connectivity index (χ1v) is 25.7. The average Bonchev–Trinajstić information content (AvgIpc) is 4.23. The number of ketones is 1. The van der Waals surface area contributed by atoms with Crippen LogP contribution in [0.15, 0.2) is 95.2 Å². The molecule has 0 bridgehead atoms. The van der Waals surface area contributed by atoms with Gasteiger partial charge in [0, 0.05) is 61.0 Å². The SMILES string of the molecule is Cc1cc(C(CCCCOc2ccc(-c3cnc4[nH]cc(C(=O)c5c(F)ccc(NS(=O)(=O)N6CC[C@@H](F)C6)c5F)c4c3)cc2)C(=O)N2C[C@H](O)C[C@H]2C(=O)NC(C)c2ccc(-c3scnc3C)cc2)on1. The van der Waals surface area contributed by atoms with Gasteiger partial charge in [-0.1, -0.05) is 41.6 Å². The zero-order chi connectivity index (χ0) is 50.8. The lowest BCUT2D eigenvalue weighted by Gasteiger charge is -2.28. The number of thiazole rings is 1. The number of carbonyl (C=O) groups excluding carboxylic acids is 3. The fourth-order valence-corrected chi connectivity index (χ4v) is 11.2. The fourth-order valence-electron chi connectivity index (χ4n) is 9.15. The van der Waals surface area contributed by atoms with Crippen LogP contribution in [0.25, 0.3) is 32.6 Å². The molecule has 2 unspecified atom stereocenters. The Morgan fingerprint density at radius 1 is 0.986 bits per heavy atom. The number of H-pyrrole nitrogens is 1. The molecule has 376 valence electrons. The lowest BCUT2D eigenvalue weighted by atomic mass is 9.96. The Morgan fingerprint density at radius 2 is 1.75 bits per heavy atom. The van der Waals surface area contributed by atoms with E-state index in [1.165, 1.54) is 11.1 Å². The monoisotopic (exact) mass is 1020 g/mol. The van der Waals surface area contributed by atoms with Crippen molar-refractivity contribution >= 4 is 55.9 Å². The maximum atomic E-state index is 15.8. The van der Waals surface area contributed by atoms with Crippen molar-refractivity contribution in [3.05, 3.63) is 136 Å². The molecule has 0 saturated carbocycles. The number of anilines is 1. The van der Waals surface area contributed by atoms with E-state index < -0.39 is 69.7 Å². The average molecular weight is 1030 g/mol. The molecule has 2 amide bonds. The number of hydrogen-bond acceptors (Lipinski definition) is 12. The summed E-state index contributed by atoms with van der Waals surface area (Å²) in [6.45, 7) is 5.37. The summed E-state index contributed by atoms with van der Waals surface area (Å²) in [5.74, 6) is -4.22. The number of carbonyl (C=O) groups is 3. The number of aryl methyl sites for hydroxylation is 2. The van der Waals surface area contributed by atoms with Gasteiger partial charge in [0.25, 0.3) is 0 Å². The predicted octanol–water partition coefficient (Wildman–Crippen LogP) is 8.34. The number of aromatic nitrogens is 4. The number of pyridine rings is 1. The number of ether oxygens (including phenoxy) is 1. The molecule has 2 fully saturated rings. The number of amides is 2. The Kier molecular flexibility index (Phi) is 14.6. The summed E-state index contributed by atoms with van der Waals surface area (Å²) in [4.78, 5) is 55.9. The van der Waals surface area contributed by atoms with Crippen molar-refractivity contribution in [1.29, 1.82) is 0 Å². The van der Waals surface area contributed by atoms with Gasteiger partial charge in [-0.2, -0.15) is 12.7 Å². The van der Waals surface area contributed by atoms with Crippen LogP contribution < -0.4 is 14.8 Å². The number of aliphatic hydroxyl groups is 1. The van der Waals surface area contributed by atoms with Crippen molar-refractivity contribution in [3.8, 4) is 27.3 Å². The number of β-amino-alcohol motifs (C(OH)–C–C–N with tert-alkyl or cyclic N) is 1. The number of fused-ring (bicyclic) bond motifs is 1. The van der Waals surface area contributed by atoms with Gasteiger partial charge in [0.15, 0.2) is 5.82 Å². The number of hydrogen-bond donors (Lipinski definition) is 4. The van der Waals surface area contributed by atoms with Crippen molar-refractivity contribution in [1.82, 2.24) is 34.6 Å². The van der Waals surface area contributed by atoms with E-state index in [-0.39, 0.29) is 60.4 Å². The molecule has 4 N–H and O–H groups in total. The number of likely N-dealkylation sites (tertiary alicyclic amines) is 1. The van der Waals surface area contributed by atoms with Gasteiger partial charge in [-0.05, 0) is 93.5 Å². The van der Waals surface area contributed by atoms with Crippen LogP contribution in [-0.2, 0) is 19.8 Å². The molecule has 0 spiro atoms. The van der Waals surface area contributed by atoms with Crippen molar-refractivity contribution in [2.75, 3.05) is 31.0 Å². The Morgan fingerprint density at radius 3 is 2.44 bits per heavy atom. The second-order valence-electron chi connectivity index (χ2n) is 18.1. The number of aromatic amines is 1. The van der Waals surface area contributed by atoms with E-state index in [9.17, 15) is 32.3 Å². The maximum absolute atomic E-state index is 15.8. The van der Waals surface area contributed by atoms with Crippen LogP contribution in [0.2, 0.25) is 0 Å². The van der Waals surface area contributed by atoms with Crippen LogP contribution in [0.5, 0.6) is 5.75 Å². The topological polar surface area (TPSA) is 213 Å². The van der Waals surface area contributed by atoms with Crippen molar-refractivity contribution in [2.45, 2.75) is 83.2 Å². The number of rotatable bonds is 18. The van der Waals surface area contributed by atoms with Gasteiger partial charge in [-0.15, -0.1) is 11.3 Å². The van der Waals surface area contributed by atoms with E-state index in [4.69, 9.17) is 9.26 Å². The van der Waals surface area contributed by atoms with Crippen LogP contribution >= 0.6 is 11.3 Å². The second kappa shape index (κ2) is 21.0. The number of halogens is 3. The number of nitrogens with zero attached hydrogens (tertiary/aromatic N) is 5. The third-order valence-electron chi connectivity index (χ3n) is 13.0. The molecule has 72 heavy (non-hydrogen) atoms. The summed E-state index contributed by atoms with van der Waals surface area (Å²) < 4.78 is 84.8. The largest absolute Gasteiger partial charge is 0.494 e. The normalized spacial score (nSPS) is 18.1. The molecule has 7 aromatic rings. The second-order valence-corrected chi connectivity index (χ2v) is 20.6. The highest BCUT2D eigenvalue weighted by Gasteiger charge is 2.43. The van der Waals surface area contributed by atoms with Crippen molar-refractivity contribution < 1.29 is 50.3 Å². The Labute approximate surface area is 416 Å². The molecule has 5 atom stereocenters. The Hall–Kier alpha value is -6.94. The zero-order valence-corrected chi connectivity index (χ0v) is 41.0. The van der Waals surface area contributed by atoms with E-state index in [0.29, 0.717) is 54.2 Å². The van der Waals surface area contributed by atoms with Crippen LogP contribution in [0, 0.1) is 25.5 Å². The molecule has 9 rings (SSSR count). The van der Waals surface area contributed by atoms with Gasteiger partial charge in [0.1, 0.15) is 35.2 Å². The van der Waals surface area contributed by atoms with E-state index in [0.717, 1.165) is 38.1 Å². The lowest BCUT2D eigenvalue weighted by molar-refractivity contribution is -0.140. The minimum absolute atomic E-state index is 0.00208. The molecule has 0 radical (unpaired) electrons. The third-order valence-corrected chi connectivity index (χ3v) is 15.5. The molecule has 6 heterocycles. The number of benzene rings is 3. The molecule has 4 aromatic heterocycles. The highest BCUT2D eigenvalue weighted by atomic mass is 32.2.